The Morgan fingerprint density at radius 1 is 1.22 bits per heavy atom. The highest BCUT2D eigenvalue weighted by molar-refractivity contribution is 7.52. The lowest BCUT2D eigenvalue weighted by atomic mass is 10.1. The zero-order chi connectivity index (χ0) is 33.1. The number of aromatic nitrogens is 2. The molecule has 2 aliphatic heterocycles. The number of nitrogens with zero attached hydrogens (tertiary/aromatic N) is 3. The lowest BCUT2D eigenvalue weighted by Crippen LogP contribution is -2.42. The van der Waals surface area contributed by atoms with Crippen LogP contribution in [0.2, 0.25) is 0 Å². The van der Waals surface area contributed by atoms with Crippen LogP contribution in [0.5, 0.6) is 5.75 Å². The Balaban J connectivity index is 1.48. The largest absolute Gasteiger partial charge is 0.462 e. The molecule has 1 amide bonds. The predicted molar refractivity (Wildman–Crippen MR) is 157 cm³/mol. The molecule has 2 fully saturated rings. The van der Waals surface area contributed by atoms with E-state index in [1.54, 1.807) is 33.0 Å². The number of likely N-dealkylation sites (tertiary alicyclic amines) is 1. The topological polar surface area (TPSA) is 171 Å². The number of amides is 1. The van der Waals surface area contributed by atoms with Gasteiger partial charge in [0.2, 0.25) is 12.1 Å². The van der Waals surface area contributed by atoms with Crippen LogP contribution in [0, 0.1) is 6.92 Å². The number of halogens is 2. The Morgan fingerprint density at radius 3 is 2.51 bits per heavy atom. The summed E-state index contributed by atoms with van der Waals surface area (Å²) in [5.74, 6) is -5.21. The van der Waals surface area contributed by atoms with Crippen molar-refractivity contribution in [2.45, 2.75) is 83.1 Å². The Bertz CT molecular complexity index is 1480. The molecule has 0 spiro atoms. The number of aliphatic hydroxyl groups excluding tert-OH is 1. The van der Waals surface area contributed by atoms with Gasteiger partial charge in [0.15, 0.2) is 6.10 Å². The van der Waals surface area contributed by atoms with Gasteiger partial charge in [-0.25, -0.2) is 9.36 Å². The highest BCUT2D eigenvalue weighted by Crippen LogP contribution is 2.48. The van der Waals surface area contributed by atoms with Crippen molar-refractivity contribution in [2.75, 3.05) is 25.5 Å². The van der Waals surface area contributed by atoms with E-state index in [2.05, 4.69) is 15.4 Å². The van der Waals surface area contributed by atoms with E-state index in [1.165, 1.54) is 19.1 Å². The van der Waals surface area contributed by atoms with Gasteiger partial charge >= 0.3 is 25.3 Å². The van der Waals surface area contributed by atoms with Crippen molar-refractivity contribution >= 4 is 25.4 Å². The predicted octanol–water partition coefficient (Wildman–Crippen LogP) is 2.61. The van der Waals surface area contributed by atoms with Gasteiger partial charge in [0.05, 0.1) is 18.8 Å². The van der Waals surface area contributed by atoms with E-state index in [0.717, 1.165) is 30.8 Å². The number of nitrogens with one attached hydrogen (secondary N) is 2. The van der Waals surface area contributed by atoms with Crippen molar-refractivity contribution < 1.29 is 46.6 Å². The third-order valence-electron chi connectivity index (χ3n) is 7.25. The molecule has 0 bridgehead atoms. The van der Waals surface area contributed by atoms with Crippen molar-refractivity contribution in [2.24, 2.45) is 0 Å². The molecule has 3 heterocycles. The summed E-state index contributed by atoms with van der Waals surface area (Å²) in [4.78, 5) is 43.2. The number of ether oxygens (including phenoxy) is 2. The van der Waals surface area contributed by atoms with Crippen LogP contribution in [-0.2, 0) is 28.2 Å². The molecule has 1 aromatic carbocycles. The third-order valence-corrected chi connectivity index (χ3v) is 8.89. The third kappa shape index (κ3) is 8.31. The molecule has 2 saturated heterocycles. The average Bonchev–Trinajstić information content (AvgIpc) is 3.48. The summed E-state index contributed by atoms with van der Waals surface area (Å²) in [5.41, 5.74) is -0.296. The molecule has 14 nitrogen and oxygen atoms in total. The normalized spacial score (nSPS) is 25.1. The highest BCUT2D eigenvalue weighted by Gasteiger charge is 2.60. The fourth-order valence-corrected chi connectivity index (χ4v) is 6.34. The molecule has 0 saturated carbocycles. The molecule has 4 rings (SSSR count). The Morgan fingerprint density at radius 2 is 1.91 bits per heavy atom. The van der Waals surface area contributed by atoms with Crippen LogP contribution < -0.4 is 20.6 Å². The number of rotatable bonds is 12. The molecule has 2 aliphatic rings. The van der Waals surface area contributed by atoms with E-state index in [0.29, 0.717) is 11.0 Å². The number of carbonyl (C=O) groups excluding carboxylic acids is 2. The second kappa shape index (κ2) is 14.0. The molecular formula is C28H38F2N5O9P. The van der Waals surface area contributed by atoms with Gasteiger partial charge in [0.25, 0.3) is 0 Å². The van der Waals surface area contributed by atoms with Crippen LogP contribution in [0.15, 0.2) is 41.3 Å². The fraction of sp³-hybridized carbons (Fsp3) is 0.571. The van der Waals surface area contributed by atoms with Crippen LogP contribution in [-0.4, -0.2) is 88.0 Å². The van der Waals surface area contributed by atoms with Gasteiger partial charge < -0.3 is 24.4 Å². The monoisotopic (exact) mass is 657 g/mol. The smallest absolute Gasteiger partial charge is 0.459 e. The number of anilines is 1. The average molecular weight is 658 g/mol. The second-order valence-electron chi connectivity index (χ2n) is 11.3. The molecule has 0 radical (unpaired) electrons. The minimum Gasteiger partial charge on any atom is -0.462 e. The molecule has 2 unspecified atom stereocenters. The number of aliphatic hydroxyl groups is 1. The van der Waals surface area contributed by atoms with Gasteiger partial charge in [-0.05, 0) is 72.3 Å². The Kier molecular flexibility index (Phi) is 10.8. The molecule has 0 aliphatic carbocycles. The highest BCUT2D eigenvalue weighted by atomic mass is 31.2. The number of aryl methyl sites for hydroxylation is 1. The summed E-state index contributed by atoms with van der Waals surface area (Å²) in [6.45, 7) is 6.26. The van der Waals surface area contributed by atoms with Gasteiger partial charge in [-0.15, -0.1) is 0 Å². The maximum atomic E-state index is 15.2. The van der Waals surface area contributed by atoms with E-state index < -0.39 is 68.6 Å². The van der Waals surface area contributed by atoms with E-state index in [4.69, 9.17) is 18.5 Å². The van der Waals surface area contributed by atoms with E-state index in [1.807, 2.05) is 11.8 Å². The number of hydrogen-bond donors (Lipinski definition) is 3. The first kappa shape index (κ1) is 34.6. The summed E-state index contributed by atoms with van der Waals surface area (Å²) in [6.07, 6.45) is -4.64. The van der Waals surface area contributed by atoms with Gasteiger partial charge in [-0.3, -0.25) is 23.6 Å². The lowest BCUT2D eigenvalue weighted by molar-refractivity contribution is -0.149. The molecular weight excluding hydrogens is 619 g/mol. The number of esters is 1. The van der Waals surface area contributed by atoms with Gasteiger partial charge in [0.1, 0.15) is 23.7 Å². The van der Waals surface area contributed by atoms with Crippen LogP contribution >= 0.6 is 7.75 Å². The quantitative estimate of drug-likeness (QED) is 0.226. The van der Waals surface area contributed by atoms with Crippen molar-refractivity contribution in [1.82, 2.24) is 19.5 Å². The van der Waals surface area contributed by atoms with Crippen molar-refractivity contribution in [3.63, 3.8) is 0 Å². The first-order valence-electron chi connectivity index (χ1n) is 14.4. The summed E-state index contributed by atoms with van der Waals surface area (Å²) < 4.78 is 66.1. The number of benzene rings is 1. The number of likely N-dealkylation sites (N-methyl/N-ethyl adjacent to an activating group) is 1. The number of alkyl halides is 2. The van der Waals surface area contributed by atoms with Crippen molar-refractivity contribution in [3.8, 4) is 5.75 Å². The summed E-state index contributed by atoms with van der Waals surface area (Å²) in [5, 5.41) is 15.4. The Labute approximate surface area is 258 Å². The molecule has 2 aromatic rings. The van der Waals surface area contributed by atoms with Gasteiger partial charge in [0, 0.05) is 6.20 Å². The van der Waals surface area contributed by atoms with Crippen molar-refractivity contribution in [1.29, 1.82) is 0 Å². The van der Waals surface area contributed by atoms with Crippen LogP contribution in [0.25, 0.3) is 0 Å². The molecule has 3 N–H and O–H groups in total. The molecule has 248 valence electrons. The zero-order valence-corrected chi connectivity index (χ0v) is 26.4. The number of carbonyl (C=O) groups is 2. The van der Waals surface area contributed by atoms with Crippen molar-refractivity contribution in [3.05, 3.63) is 52.6 Å². The first-order chi connectivity index (χ1) is 21.1. The fourth-order valence-electron chi connectivity index (χ4n) is 4.84. The standard InChI is InChI=1S/C28H38F2N5O9P/c1-16(2)42-25(38)18(4)33-45(40,44-19-10-8-17(3)9-11-19)41-15-21-23(36)28(29,30)26(43-21)35-14-12-22(32-27(35)39)31-24(37)20-7-6-13-34(20)5/h8-12,14,16,18,20-21,23,26,36H,6-7,13,15H2,1-5H3,(H,33,40)(H,31,32,37,39)/t18-,20-,21+,23+,26?,45?/m0/s1. The van der Waals surface area contributed by atoms with Gasteiger partial charge in [-0.1, -0.05) is 17.7 Å². The molecule has 6 atom stereocenters. The first-order valence-corrected chi connectivity index (χ1v) is 15.9. The van der Waals surface area contributed by atoms with E-state index in [9.17, 15) is 24.1 Å². The Hall–Kier alpha value is -3.27. The molecule has 17 heteroatoms. The zero-order valence-electron chi connectivity index (χ0n) is 25.5. The SMILES string of the molecule is Cc1ccc(OP(=O)(N[C@@H](C)C(=O)OC(C)C)OC[C@H]2OC(n3ccc(NC(=O)[C@@H]4CCCN4C)nc3=O)C(F)(F)[C@@H]2O)cc1. The maximum absolute atomic E-state index is 15.2. The van der Waals surface area contributed by atoms with Gasteiger partial charge in [-0.2, -0.15) is 18.9 Å². The summed E-state index contributed by atoms with van der Waals surface area (Å²) >= 11 is 0. The molecule has 1 aromatic heterocycles. The van der Waals surface area contributed by atoms with Crippen LogP contribution in [0.4, 0.5) is 14.6 Å². The summed E-state index contributed by atoms with van der Waals surface area (Å²) in [7, 11) is -2.69. The minimum absolute atomic E-state index is 0.0846. The maximum Gasteiger partial charge on any atom is 0.459 e. The minimum atomic E-state index is -4.48. The molecule has 45 heavy (non-hydrogen) atoms. The van der Waals surface area contributed by atoms with E-state index in [-0.39, 0.29) is 17.5 Å². The van der Waals surface area contributed by atoms with Crippen LogP contribution in [0.3, 0.4) is 0 Å². The van der Waals surface area contributed by atoms with Crippen LogP contribution in [0.1, 0.15) is 45.4 Å². The van der Waals surface area contributed by atoms with E-state index >= 15 is 8.78 Å². The second-order valence-corrected chi connectivity index (χ2v) is 13.0. The lowest BCUT2D eigenvalue weighted by Gasteiger charge is -2.25. The number of hydrogen-bond acceptors (Lipinski definition) is 11. The summed E-state index contributed by atoms with van der Waals surface area (Å²) in [6, 6.07) is 5.87.